The van der Waals surface area contributed by atoms with Gasteiger partial charge in [-0.15, -0.1) is 22.7 Å². The van der Waals surface area contributed by atoms with Gasteiger partial charge in [0.05, 0.1) is 15.3 Å². The van der Waals surface area contributed by atoms with Gasteiger partial charge < -0.3 is 10.2 Å². The van der Waals surface area contributed by atoms with E-state index in [1.165, 1.54) is 29.1 Å². The maximum atomic E-state index is 13.2. The Morgan fingerprint density at radius 2 is 2.07 bits per heavy atom. The second-order valence-corrected chi connectivity index (χ2v) is 8.65. The fourth-order valence-corrected chi connectivity index (χ4v) is 5.33. The molecule has 5 nitrogen and oxygen atoms in total. The maximum absolute atomic E-state index is 13.2. The number of nitrogens with one attached hydrogen (secondary N) is 1. The Balaban J connectivity index is 1.87. The summed E-state index contributed by atoms with van der Waals surface area (Å²) in [5, 5.41) is 14.7. The van der Waals surface area contributed by atoms with E-state index in [9.17, 15) is 14.9 Å². The molecule has 0 atom stereocenters. The lowest BCUT2D eigenvalue weighted by atomic mass is 9.94. The summed E-state index contributed by atoms with van der Waals surface area (Å²) in [7, 11) is 0. The van der Waals surface area contributed by atoms with E-state index in [1.807, 2.05) is 23.3 Å². The third-order valence-corrected chi connectivity index (χ3v) is 7.11. The summed E-state index contributed by atoms with van der Waals surface area (Å²) in [6, 6.07) is 5.97. The summed E-state index contributed by atoms with van der Waals surface area (Å²) in [5.41, 5.74) is 1.04. The molecule has 142 valence electrons. The van der Waals surface area contributed by atoms with E-state index >= 15 is 0 Å². The van der Waals surface area contributed by atoms with Crippen LogP contribution in [0.15, 0.2) is 17.5 Å². The first-order chi connectivity index (χ1) is 13.1. The van der Waals surface area contributed by atoms with E-state index < -0.39 is 0 Å². The molecule has 3 rings (SSSR count). The zero-order valence-electron chi connectivity index (χ0n) is 15.6. The average Bonchev–Trinajstić information content (AvgIpc) is 3.31. The molecule has 2 aromatic heterocycles. The van der Waals surface area contributed by atoms with Gasteiger partial charge in [-0.3, -0.25) is 9.59 Å². The van der Waals surface area contributed by atoms with Crippen LogP contribution in [0.25, 0.3) is 0 Å². The van der Waals surface area contributed by atoms with Gasteiger partial charge in [0.25, 0.3) is 11.8 Å². The van der Waals surface area contributed by atoms with Crippen molar-refractivity contribution in [3.8, 4) is 6.07 Å². The summed E-state index contributed by atoms with van der Waals surface area (Å²) < 4.78 is 0. The Labute approximate surface area is 167 Å². The number of carbonyl (C=O) groups excluding carboxylic acids is 2. The van der Waals surface area contributed by atoms with Gasteiger partial charge in [0, 0.05) is 12.6 Å². The van der Waals surface area contributed by atoms with E-state index in [-0.39, 0.29) is 17.9 Å². The van der Waals surface area contributed by atoms with Gasteiger partial charge in [-0.2, -0.15) is 5.26 Å². The van der Waals surface area contributed by atoms with Crippen molar-refractivity contribution in [3.05, 3.63) is 38.4 Å². The Morgan fingerprint density at radius 1 is 1.33 bits per heavy atom. The van der Waals surface area contributed by atoms with Crippen molar-refractivity contribution in [2.45, 2.75) is 52.0 Å². The first-order valence-corrected chi connectivity index (χ1v) is 11.0. The topological polar surface area (TPSA) is 73.2 Å². The molecule has 0 saturated heterocycles. The van der Waals surface area contributed by atoms with Gasteiger partial charge >= 0.3 is 0 Å². The molecule has 1 aliphatic carbocycles. The fourth-order valence-electron chi connectivity index (χ4n) is 3.60. The van der Waals surface area contributed by atoms with Crippen LogP contribution in [0.4, 0.5) is 5.00 Å². The SMILES string of the molecule is CCN(C(=O)c1sc(NC(=O)c2cccs2)c(C#N)c1C)C1CCCCC1. The first kappa shape index (κ1) is 19.6. The quantitative estimate of drug-likeness (QED) is 0.763. The lowest BCUT2D eigenvalue weighted by molar-refractivity contribution is 0.0652. The van der Waals surface area contributed by atoms with E-state index in [0.717, 1.165) is 25.7 Å². The summed E-state index contributed by atoms with van der Waals surface area (Å²) in [5.74, 6) is -0.276. The average molecular weight is 402 g/mol. The lowest BCUT2D eigenvalue weighted by Crippen LogP contribution is -2.41. The van der Waals surface area contributed by atoms with Crippen LogP contribution < -0.4 is 5.32 Å². The van der Waals surface area contributed by atoms with Crippen molar-refractivity contribution in [2.24, 2.45) is 0 Å². The van der Waals surface area contributed by atoms with Gasteiger partial charge in [-0.1, -0.05) is 25.3 Å². The molecule has 0 spiro atoms. The molecule has 2 aromatic rings. The van der Waals surface area contributed by atoms with E-state index in [2.05, 4.69) is 11.4 Å². The highest BCUT2D eigenvalue weighted by atomic mass is 32.1. The standard InChI is InChI=1S/C20H23N3O2S2/c1-3-23(14-8-5-4-6-9-14)20(25)17-13(2)15(12-21)19(27-17)22-18(24)16-10-7-11-26-16/h7,10-11,14H,3-6,8-9H2,1-2H3,(H,22,24). The molecular weight excluding hydrogens is 378 g/mol. The molecule has 2 heterocycles. The largest absolute Gasteiger partial charge is 0.335 e. The number of rotatable bonds is 5. The molecule has 0 aliphatic heterocycles. The van der Waals surface area contributed by atoms with Crippen LogP contribution in [0.5, 0.6) is 0 Å². The number of hydrogen-bond donors (Lipinski definition) is 1. The summed E-state index contributed by atoms with van der Waals surface area (Å²) in [6.45, 7) is 4.44. The minimum Gasteiger partial charge on any atom is -0.335 e. The smallest absolute Gasteiger partial charge is 0.266 e. The Bertz CT molecular complexity index is 859. The monoisotopic (exact) mass is 401 g/mol. The van der Waals surface area contributed by atoms with Gasteiger partial charge in [-0.05, 0) is 43.7 Å². The third-order valence-electron chi connectivity index (χ3n) is 5.04. The molecule has 2 amide bonds. The summed E-state index contributed by atoms with van der Waals surface area (Å²) >= 11 is 2.55. The highest BCUT2D eigenvalue weighted by Crippen LogP contribution is 2.35. The van der Waals surface area contributed by atoms with Crippen molar-refractivity contribution < 1.29 is 9.59 Å². The minimum absolute atomic E-state index is 0.0278. The minimum atomic E-state index is -0.249. The molecule has 0 unspecified atom stereocenters. The van der Waals surface area contributed by atoms with Crippen LogP contribution in [-0.4, -0.2) is 29.3 Å². The van der Waals surface area contributed by atoms with E-state index in [4.69, 9.17) is 0 Å². The zero-order valence-corrected chi connectivity index (χ0v) is 17.2. The lowest BCUT2D eigenvalue weighted by Gasteiger charge is -2.33. The van der Waals surface area contributed by atoms with Crippen LogP contribution >= 0.6 is 22.7 Å². The van der Waals surface area contributed by atoms with Crippen molar-refractivity contribution in [1.29, 1.82) is 5.26 Å². The van der Waals surface area contributed by atoms with Crippen LogP contribution in [0.3, 0.4) is 0 Å². The molecule has 1 aliphatic rings. The van der Waals surface area contributed by atoms with Gasteiger partial charge in [0.1, 0.15) is 11.1 Å². The van der Waals surface area contributed by atoms with Crippen LogP contribution in [0, 0.1) is 18.3 Å². The predicted octanol–water partition coefficient (Wildman–Crippen LogP) is 5.04. The highest BCUT2D eigenvalue weighted by Gasteiger charge is 2.29. The zero-order chi connectivity index (χ0) is 19.4. The van der Waals surface area contributed by atoms with Crippen LogP contribution in [-0.2, 0) is 0 Å². The number of thiophene rings is 2. The summed E-state index contributed by atoms with van der Waals surface area (Å²) in [4.78, 5) is 28.6. The Hall–Kier alpha value is -2.17. The molecule has 1 saturated carbocycles. The number of anilines is 1. The second kappa shape index (κ2) is 8.68. The fraction of sp³-hybridized carbons (Fsp3) is 0.450. The van der Waals surface area contributed by atoms with E-state index in [1.54, 1.807) is 13.0 Å². The van der Waals surface area contributed by atoms with Gasteiger partial charge in [-0.25, -0.2) is 0 Å². The molecule has 0 aromatic carbocycles. The molecule has 0 bridgehead atoms. The molecule has 1 fully saturated rings. The first-order valence-electron chi connectivity index (χ1n) is 9.26. The second-order valence-electron chi connectivity index (χ2n) is 6.69. The van der Waals surface area contributed by atoms with Crippen LogP contribution in [0.2, 0.25) is 0 Å². The predicted molar refractivity (Wildman–Crippen MR) is 110 cm³/mol. The van der Waals surface area contributed by atoms with Gasteiger partial charge in [0.2, 0.25) is 0 Å². The number of carbonyl (C=O) groups is 2. The number of amides is 2. The third kappa shape index (κ3) is 4.07. The van der Waals surface area contributed by atoms with Crippen molar-refractivity contribution in [1.82, 2.24) is 4.90 Å². The van der Waals surface area contributed by atoms with E-state index in [0.29, 0.717) is 32.4 Å². The van der Waals surface area contributed by atoms with Crippen LogP contribution in [0.1, 0.15) is 69.5 Å². The number of nitrogens with zero attached hydrogens (tertiary/aromatic N) is 2. The molecule has 1 N–H and O–H groups in total. The van der Waals surface area contributed by atoms with Crippen molar-refractivity contribution >= 4 is 39.5 Å². The number of nitriles is 1. The molecule has 7 heteroatoms. The van der Waals surface area contributed by atoms with Crippen molar-refractivity contribution in [2.75, 3.05) is 11.9 Å². The number of hydrogen-bond acceptors (Lipinski definition) is 5. The maximum Gasteiger partial charge on any atom is 0.266 e. The molecular formula is C20H23N3O2S2. The molecule has 27 heavy (non-hydrogen) atoms. The normalized spacial score (nSPS) is 14.6. The highest BCUT2D eigenvalue weighted by molar-refractivity contribution is 7.18. The Kier molecular flexibility index (Phi) is 6.30. The van der Waals surface area contributed by atoms with Gasteiger partial charge in [0.15, 0.2) is 0 Å². The Morgan fingerprint density at radius 3 is 2.67 bits per heavy atom. The molecule has 0 radical (unpaired) electrons. The summed E-state index contributed by atoms with van der Waals surface area (Å²) in [6.07, 6.45) is 5.62. The van der Waals surface area contributed by atoms with Crippen molar-refractivity contribution in [3.63, 3.8) is 0 Å².